The molecule has 0 spiro atoms. The highest BCUT2D eigenvalue weighted by Crippen LogP contribution is 2.22. The number of Topliss-reactive ketones (excluding diaryl/α,β-unsaturated/α-hetero) is 1. The van der Waals surface area contributed by atoms with Gasteiger partial charge in [-0.3, -0.25) is 9.59 Å². The van der Waals surface area contributed by atoms with Gasteiger partial charge in [-0.05, 0) is 13.3 Å². The van der Waals surface area contributed by atoms with E-state index in [1.165, 1.54) is 0 Å². The lowest BCUT2D eigenvalue weighted by molar-refractivity contribution is -0.117. The molecule has 0 aromatic rings. The lowest BCUT2D eigenvalue weighted by Crippen LogP contribution is -2.19. The average Bonchev–Trinajstić information content (AvgIpc) is 2.15. The second-order valence-electron chi connectivity index (χ2n) is 2.95. The van der Waals surface area contributed by atoms with E-state index in [2.05, 4.69) is 0 Å². The molecule has 0 amide bonds. The maximum atomic E-state index is 11.4. The Bertz CT molecular complexity index is 370. The molecule has 14 heavy (non-hydrogen) atoms. The van der Waals surface area contributed by atoms with Gasteiger partial charge in [-0.1, -0.05) is 19.1 Å². The maximum absolute atomic E-state index is 11.4. The van der Waals surface area contributed by atoms with Gasteiger partial charge in [0, 0.05) is 17.2 Å². The number of allylic oxidation sites excluding steroid dienone is 5. The van der Waals surface area contributed by atoms with Crippen molar-refractivity contribution in [3.63, 3.8) is 0 Å². The summed E-state index contributed by atoms with van der Waals surface area (Å²) in [6.45, 7) is 3.55. The highest BCUT2D eigenvalue weighted by Gasteiger charge is 2.27. The first-order valence-electron chi connectivity index (χ1n) is 4.48. The van der Waals surface area contributed by atoms with Crippen LogP contribution in [0.25, 0.3) is 0 Å². The molecule has 0 heterocycles. The fourth-order valence-electron chi connectivity index (χ4n) is 1.36. The van der Waals surface area contributed by atoms with Gasteiger partial charge < -0.3 is 5.11 Å². The summed E-state index contributed by atoms with van der Waals surface area (Å²) in [4.78, 5) is 22.8. The molecule has 1 N–H and O–H groups in total. The van der Waals surface area contributed by atoms with E-state index in [1.807, 2.05) is 6.92 Å². The Morgan fingerprint density at radius 1 is 1.36 bits per heavy atom. The van der Waals surface area contributed by atoms with Crippen molar-refractivity contribution >= 4 is 11.6 Å². The first kappa shape index (κ1) is 10.4. The predicted molar refractivity (Wildman–Crippen MR) is 52.9 cm³/mol. The van der Waals surface area contributed by atoms with Crippen LogP contribution >= 0.6 is 0 Å². The Morgan fingerprint density at radius 3 is 2.50 bits per heavy atom. The minimum absolute atomic E-state index is 0.289. The Kier molecular flexibility index (Phi) is 3.02. The summed E-state index contributed by atoms with van der Waals surface area (Å²) in [5, 5.41) is 9.16. The number of ketones is 2. The van der Waals surface area contributed by atoms with E-state index in [4.69, 9.17) is 5.11 Å². The molecule has 0 aromatic heterocycles. The van der Waals surface area contributed by atoms with Crippen LogP contribution in [-0.2, 0) is 9.59 Å². The topological polar surface area (TPSA) is 54.4 Å². The van der Waals surface area contributed by atoms with Gasteiger partial charge in [0.15, 0.2) is 11.5 Å². The second-order valence-corrected chi connectivity index (χ2v) is 2.95. The lowest BCUT2D eigenvalue weighted by atomic mass is 9.90. The molecular formula is C11H12O3. The molecule has 0 unspecified atom stereocenters. The smallest absolute Gasteiger partial charge is 0.227 e. The zero-order valence-electron chi connectivity index (χ0n) is 8.20. The van der Waals surface area contributed by atoms with Gasteiger partial charge in [0.2, 0.25) is 5.78 Å². The quantitative estimate of drug-likeness (QED) is 0.645. The van der Waals surface area contributed by atoms with Crippen LogP contribution in [0.2, 0.25) is 0 Å². The molecule has 0 atom stereocenters. The van der Waals surface area contributed by atoms with E-state index in [1.54, 1.807) is 19.1 Å². The summed E-state index contributed by atoms with van der Waals surface area (Å²) < 4.78 is 0. The van der Waals surface area contributed by atoms with Crippen LogP contribution in [0.3, 0.4) is 0 Å². The van der Waals surface area contributed by atoms with Gasteiger partial charge in [0.05, 0.1) is 0 Å². The summed E-state index contributed by atoms with van der Waals surface area (Å²) in [6.07, 6.45) is 4.89. The van der Waals surface area contributed by atoms with Crippen LogP contribution in [0.15, 0.2) is 35.1 Å². The molecule has 0 aromatic carbocycles. The van der Waals surface area contributed by atoms with Crippen molar-refractivity contribution in [2.75, 3.05) is 0 Å². The monoisotopic (exact) mass is 192 g/mol. The number of aliphatic hydroxyl groups is 1. The van der Waals surface area contributed by atoms with Crippen molar-refractivity contribution in [2.24, 2.45) is 0 Å². The fraction of sp³-hybridized carbons (Fsp3) is 0.273. The van der Waals surface area contributed by atoms with Crippen LogP contribution in [0.5, 0.6) is 0 Å². The van der Waals surface area contributed by atoms with E-state index in [0.29, 0.717) is 12.0 Å². The summed E-state index contributed by atoms with van der Waals surface area (Å²) in [5.74, 6) is -1.26. The lowest BCUT2D eigenvalue weighted by Gasteiger charge is -2.12. The molecule has 0 fully saturated rings. The minimum Gasteiger partial charge on any atom is -0.504 e. The predicted octanol–water partition coefficient (Wildman–Crippen LogP) is 1.86. The van der Waals surface area contributed by atoms with Gasteiger partial charge >= 0.3 is 0 Å². The summed E-state index contributed by atoms with van der Waals surface area (Å²) in [7, 11) is 0. The van der Waals surface area contributed by atoms with Crippen LogP contribution in [0, 0.1) is 0 Å². The molecule has 0 saturated heterocycles. The van der Waals surface area contributed by atoms with E-state index in [-0.39, 0.29) is 11.4 Å². The fourth-order valence-corrected chi connectivity index (χ4v) is 1.36. The minimum atomic E-state index is -0.480. The molecule has 1 aliphatic rings. The zero-order valence-corrected chi connectivity index (χ0v) is 8.20. The zero-order chi connectivity index (χ0) is 10.7. The van der Waals surface area contributed by atoms with Gasteiger partial charge in [-0.15, -0.1) is 0 Å². The number of rotatable bonds is 1. The van der Waals surface area contributed by atoms with Crippen molar-refractivity contribution in [1.82, 2.24) is 0 Å². The largest absolute Gasteiger partial charge is 0.504 e. The van der Waals surface area contributed by atoms with Crippen molar-refractivity contribution in [3.05, 3.63) is 35.1 Å². The highest BCUT2D eigenvalue weighted by molar-refractivity contribution is 6.26. The molecule has 0 bridgehead atoms. The molecule has 3 heteroatoms. The van der Waals surface area contributed by atoms with Gasteiger partial charge in [0.1, 0.15) is 0 Å². The standard InChI is InChI=1S/C11H12O3/c1-3-5-8-7(4-2)11(14)10(13)6-9(8)12/h4-6,13H,3H2,1-2H3/b7-4+,8-5+. The first-order chi connectivity index (χ1) is 6.61. The Hall–Kier alpha value is -1.64. The number of carbonyl (C=O) groups excluding carboxylic acids is 2. The molecule has 1 rings (SSSR count). The average molecular weight is 192 g/mol. The van der Waals surface area contributed by atoms with Crippen molar-refractivity contribution in [2.45, 2.75) is 20.3 Å². The molecule has 3 nitrogen and oxygen atoms in total. The molecule has 0 saturated carbocycles. The number of aliphatic hydroxyl groups excluding tert-OH is 1. The molecule has 74 valence electrons. The Labute approximate surface area is 82.4 Å². The maximum Gasteiger partial charge on any atom is 0.227 e. The van der Waals surface area contributed by atoms with E-state index >= 15 is 0 Å². The van der Waals surface area contributed by atoms with Gasteiger partial charge in [-0.2, -0.15) is 0 Å². The molecular weight excluding hydrogens is 180 g/mol. The molecule has 0 aliphatic heterocycles. The third kappa shape index (κ3) is 1.66. The van der Waals surface area contributed by atoms with E-state index < -0.39 is 11.5 Å². The Morgan fingerprint density at radius 2 is 2.00 bits per heavy atom. The SMILES string of the molecule is C/C=C1/C(=O)C(O)=CC(=O)/C1=C/CC. The summed E-state index contributed by atoms with van der Waals surface area (Å²) >= 11 is 0. The number of hydrogen-bond acceptors (Lipinski definition) is 3. The van der Waals surface area contributed by atoms with Crippen LogP contribution in [0.4, 0.5) is 0 Å². The summed E-state index contributed by atoms with van der Waals surface area (Å²) in [5.41, 5.74) is 0.676. The third-order valence-electron chi connectivity index (χ3n) is 2.00. The number of hydrogen-bond donors (Lipinski definition) is 1. The highest BCUT2D eigenvalue weighted by atomic mass is 16.3. The Balaban J connectivity index is 3.28. The van der Waals surface area contributed by atoms with E-state index in [9.17, 15) is 9.59 Å². The van der Waals surface area contributed by atoms with Gasteiger partial charge in [0.25, 0.3) is 0 Å². The third-order valence-corrected chi connectivity index (χ3v) is 2.00. The molecule has 1 aliphatic carbocycles. The summed E-state index contributed by atoms with van der Waals surface area (Å²) in [6, 6.07) is 0. The molecule has 0 radical (unpaired) electrons. The van der Waals surface area contributed by atoms with Crippen LogP contribution in [-0.4, -0.2) is 16.7 Å². The first-order valence-corrected chi connectivity index (χ1v) is 4.48. The number of carbonyl (C=O) groups is 2. The van der Waals surface area contributed by atoms with Gasteiger partial charge in [-0.25, -0.2) is 0 Å². The van der Waals surface area contributed by atoms with Crippen molar-refractivity contribution < 1.29 is 14.7 Å². The van der Waals surface area contributed by atoms with Crippen LogP contribution < -0.4 is 0 Å². The normalized spacial score (nSPS) is 23.1. The van der Waals surface area contributed by atoms with Crippen molar-refractivity contribution in [3.8, 4) is 0 Å². The van der Waals surface area contributed by atoms with Crippen LogP contribution in [0.1, 0.15) is 20.3 Å². The second kappa shape index (κ2) is 4.05. The van der Waals surface area contributed by atoms with Crippen molar-refractivity contribution in [1.29, 1.82) is 0 Å². The van der Waals surface area contributed by atoms with E-state index in [0.717, 1.165) is 6.08 Å².